The lowest BCUT2D eigenvalue weighted by atomic mass is 9.49. The highest BCUT2D eigenvalue weighted by atomic mass is 16.6. The summed E-state index contributed by atoms with van der Waals surface area (Å²) in [6.45, 7) is 1.55. The van der Waals surface area contributed by atoms with E-state index in [1.165, 1.54) is 49.5 Å². The van der Waals surface area contributed by atoms with Crippen LogP contribution in [0.5, 0.6) is 23.0 Å². The third-order valence-corrected chi connectivity index (χ3v) is 10.8. The third kappa shape index (κ3) is 6.44. The molecule has 3 aromatic rings. The lowest BCUT2D eigenvalue weighted by Gasteiger charge is -2.69. The second-order valence-electron chi connectivity index (χ2n) is 13.9. The Morgan fingerprint density at radius 3 is 2.00 bits per heavy atom. The molecule has 7 rings (SSSR count). The predicted molar refractivity (Wildman–Crippen MR) is 193 cm³/mol. The number of nitrogens with one attached hydrogen (secondary N) is 1. The molecule has 2 aliphatic heterocycles. The maximum atomic E-state index is 14.0. The van der Waals surface area contributed by atoms with Crippen molar-refractivity contribution in [2.45, 2.75) is 54.8 Å². The van der Waals surface area contributed by atoms with Crippen molar-refractivity contribution < 1.29 is 69.4 Å². The zero-order chi connectivity index (χ0) is 39.9. The van der Waals surface area contributed by atoms with Gasteiger partial charge in [-0.25, -0.2) is 14.4 Å². The average Bonchev–Trinajstić information content (AvgIpc) is 3.15. The molecule has 0 aromatic heterocycles. The first-order chi connectivity index (χ1) is 26.0. The molecule has 2 fully saturated rings. The normalized spacial score (nSPS) is 29.8. The van der Waals surface area contributed by atoms with E-state index in [1.807, 2.05) is 13.0 Å². The Morgan fingerprint density at radius 1 is 0.855 bits per heavy atom. The lowest BCUT2D eigenvalue weighted by molar-refractivity contribution is -0.387. The van der Waals surface area contributed by atoms with E-state index < -0.39 is 93.6 Å². The topological polar surface area (TPSA) is 253 Å². The summed E-state index contributed by atoms with van der Waals surface area (Å²) in [5.74, 6) is -9.53. The fourth-order valence-electron chi connectivity index (χ4n) is 8.03. The fourth-order valence-corrected chi connectivity index (χ4v) is 8.03. The van der Waals surface area contributed by atoms with Crippen molar-refractivity contribution in [2.75, 3.05) is 13.7 Å². The summed E-state index contributed by atoms with van der Waals surface area (Å²) in [7, 11) is 1.32. The van der Waals surface area contributed by atoms with Gasteiger partial charge in [0, 0.05) is 24.5 Å². The molecule has 0 amide bonds. The van der Waals surface area contributed by atoms with Gasteiger partial charge < -0.3 is 55.1 Å². The molecule has 7 atom stereocenters. The van der Waals surface area contributed by atoms with Crippen LogP contribution in [0, 0.1) is 11.8 Å². The zero-order valence-corrected chi connectivity index (χ0v) is 29.7. The number of rotatable bonds is 11. The SMILES string of the molecule is CCc1cccc(CC2C(OC(=O)C=Cc3ccc(O)c(O)c3)C3(OC(=O)C=Cc4ccc(O)c(O)c4)C4(CC2(O)C(=O)O)OCC(C=C4O)C3(O)NC)c1. The maximum Gasteiger partial charge on any atom is 0.336 e. The molecule has 0 radical (unpaired) electrons. The Kier molecular flexibility index (Phi) is 10.2. The number of aryl methyl sites for hydroxylation is 1. The number of hydrogen-bond acceptors (Lipinski definition) is 14. The Morgan fingerprint density at radius 2 is 1.45 bits per heavy atom. The second-order valence-corrected chi connectivity index (χ2v) is 13.9. The number of esters is 2. The average molecular weight is 760 g/mol. The van der Waals surface area contributed by atoms with Gasteiger partial charge in [-0.05, 0) is 84.6 Å². The Labute approximate surface area is 314 Å². The number of aliphatic hydroxyl groups is 3. The van der Waals surface area contributed by atoms with Crippen LogP contribution < -0.4 is 5.32 Å². The Hall–Kier alpha value is -5.87. The zero-order valence-electron chi connectivity index (χ0n) is 29.7. The quantitative estimate of drug-likeness (QED) is 0.0590. The van der Waals surface area contributed by atoms with Gasteiger partial charge >= 0.3 is 17.9 Å². The molecule has 15 heteroatoms. The van der Waals surface area contributed by atoms with E-state index in [4.69, 9.17) is 14.2 Å². The van der Waals surface area contributed by atoms with E-state index >= 15 is 0 Å². The first-order valence-electron chi connectivity index (χ1n) is 17.4. The fraction of sp³-hybridized carbons (Fsp3) is 0.325. The van der Waals surface area contributed by atoms with E-state index in [1.54, 1.807) is 18.2 Å². The van der Waals surface area contributed by atoms with Crippen LogP contribution in [-0.2, 0) is 41.4 Å². The van der Waals surface area contributed by atoms with Gasteiger partial charge in [-0.2, -0.15) is 0 Å². The van der Waals surface area contributed by atoms with Gasteiger partial charge in [0.15, 0.2) is 46.0 Å². The van der Waals surface area contributed by atoms with Crippen molar-refractivity contribution in [3.8, 4) is 23.0 Å². The van der Waals surface area contributed by atoms with Crippen molar-refractivity contribution in [2.24, 2.45) is 11.8 Å². The van der Waals surface area contributed by atoms with Gasteiger partial charge in [0.25, 0.3) is 0 Å². The molecule has 4 aliphatic rings. The summed E-state index contributed by atoms with van der Waals surface area (Å²) in [4.78, 5) is 41.2. The summed E-state index contributed by atoms with van der Waals surface area (Å²) in [6.07, 6.45) is 2.65. The van der Waals surface area contributed by atoms with Crippen LogP contribution in [-0.4, -0.2) is 101 Å². The molecule has 1 saturated carbocycles. The minimum atomic E-state index is -2.87. The van der Waals surface area contributed by atoms with Gasteiger partial charge in [-0.3, -0.25) is 5.32 Å². The number of carboxylic acid groups (broad SMARTS) is 1. The molecule has 1 spiro atoms. The summed E-state index contributed by atoms with van der Waals surface area (Å²) >= 11 is 0. The first-order valence-corrected chi connectivity index (χ1v) is 17.4. The van der Waals surface area contributed by atoms with Crippen molar-refractivity contribution in [1.29, 1.82) is 0 Å². The molecule has 3 aromatic carbocycles. The number of aromatic hydroxyl groups is 4. The molecular weight excluding hydrogens is 718 g/mol. The first kappa shape index (κ1) is 38.8. The number of fused-ring (bicyclic) bond motifs is 1. The van der Waals surface area contributed by atoms with Gasteiger partial charge in [0.1, 0.15) is 5.76 Å². The number of carbonyl (C=O) groups is 3. The standard InChI is InChI=1S/C40H41NO14/c1-3-22-5-4-6-25(15-22)16-27-35(54-33(47)13-9-23-7-11-28(42)30(44)17-23)39(55-34(48)14-10-24-8-12-29(43)31(45)18-24)38(21-37(27,51)36(49)50)32(46)19-26(20-53-38)40(39,52)41-2/h4-15,17-19,26-27,35,41-46,51-52H,3,16,20-21H2,1-2H3,(H,49,50). The second kappa shape index (κ2) is 14.4. The number of carboxylic acids is 1. The molecule has 7 unspecified atom stereocenters. The Bertz CT molecular complexity index is 2110. The molecular formula is C40H41NO14. The van der Waals surface area contributed by atoms with Crippen LogP contribution in [0.2, 0.25) is 0 Å². The van der Waals surface area contributed by atoms with E-state index in [0.717, 1.165) is 29.8 Å². The van der Waals surface area contributed by atoms with Crippen molar-refractivity contribution >= 4 is 30.1 Å². The Balaban J connectivity index is 1.56. The minimum Gasteiger partial charge on any atom is -0.509 e. The van der Waals surface area contributed by atoms with Crippen LogP contribution >= 0.6 is 0 Å². The van der Waals surface area contributed by atoms with Crippen LogP contribution in [0.4, 0.5) is 0 Å². The number of ether oxygens (including phenoxy) is 3. The number of aliphatic carboxylic acids is 1. The van der Waals surface area contributed by atoms with Crippen molar-refractivity contribution in [1.82, 2.24) is 5.32 Å². The number of carbonyl (C=O) groups excluding carboxylic acids is 2. The van der Waals surface area contributed by atoms with Crippen LogP contribution in [0.15, 0.2) is 84.7 Å². The molecule has 1 saturated heterocycles. The molecule has 2 heterocycles. The summed E-state index contributed by atoms with van der Waals surface area (Å²) in [6, 6.07) is 14.4. The van der Waals surface area contributed by atoms with E-state index in [2.05, 4.69) is 5.32 Å². The van der Waals surface area contributed by atoms with Gasteiger partial charge in [-0.15, -0.1) is 0 Å². The lowest BCUT2D eigenvalue weighted by Crippen LogP contribution is -2.90. The summed E-state index contributed by atoms with van der Waals surface area (Å²) in [5, 5.41) is 89.7. The highest BCUT2D eigenvalue weighted by Crippen LogP contribution is 2.63. The highest BCUT2D eigenvalue weighted by Gasteiger charge is 2.85. The number of phenols is 4. The van der Waals surface area contributed by atoms with E-state index in [9.17, 15) is 55.2 Å². The highest BCUT2D eigenvalue weighted by molar-refractivity contribution is 5.89. The van der Waals surface area contributed by atoms with Gasteiger partial charge in [0.05, 0.1) is 12.5 Å². The monoisotopic (exact) mass is 759 g/mol. The van der Waals surface area contributed by atoms with Crippen LogP contribution in [0.3, 0.4) is 0 Å². The van der Waals surface area contributed by atoms with Crippen LogP contribution in [0.1, 0.15) is 35.6 Å². The molecule has 290 valence electrons. The summed E-state index contributed by atoms with van der Waals surface area (Å²) in [5.41, 5.74) is -8.75. The largest absolute Gasteiger partial charge is 0.509 e. The van der Waals surface area contributed by atoms with E-state index in [-0.39, 0.29) is 24.2 Å². The molecule has 2 bridgehead atoms. The number of aliphatic hydroxyl groups excluding tert-OH is 1. The summed E-state index contributed by atoms with van der Waals surface area (Å²) < 4.78 is 18.4. The number of benzene rings is 3. The minimum absolute atomic E-state index is 0.235. The van der Waals surface area contributed by atoms with Gasteiger partial charge in [0.2, 0.25) is 5.60 Å². The van der Waals surface area contributed by atoms with Gasteiger partial charge in [-0.1, -0.05) is 43.3 Å². The molecule has 2 aliphatic carbocycles. The third-order valence-electron chi connectivity index (χ3n) is 10.8. The molecule has 55 heavy (non-hydrogen) atoms. The molecule has 15 nitrogen and oxygen atoms in total. The number of likely N-dealkylation sites (N-methyl/N-ethyl adjacent to an activating group) is 1. The molecule has 9 N–H and O–H groups in total. The number of phenolic OH excluding ortho intramolecular Hbond substituents is 4. The van der Waals surface area contributed by atoms with Crippen molar-refractivity contribution in [3.05, 3.63) is 107 Å². The predicted octanol–water partition coefficient (Wildman–Crippen LogP) is 2.82. The smallest absolute Gasteiger partial charge is 0.336 e. The van der Waals surface area contributed by atoms with Crippen LogP contribution in [0.25, 0.3) is 12.2 Å². The maximum absolute atomic E-state index is 14.0. The van der Waals surface area contributed by atoms with E-state index in [0.29, 0.717) is 12.0 Å². The van der Waals surface area contributed by atoms with Crippen molar-refractivity contribution in [3.63, 3.8) is 0 Å². The number of hydrogen-bond donors (Lipinski definition) is 9.